The van der Waals surface area contributed by atoms with E-state index < -0.39 is 0 Å². The van der Waals surface area contributed by atoms with E-state index in [1.54, 1.807) is 6.08 Å². The third kappa shape index (κ3) is 4.06. The molecule has 0 spiro atoms. The van der Waals surface area contributed by atoms with Crippen LogP contribution < -0.4 is 14.8 Å². The molecule has 4 nitrogen and oxygen atoms in total. The summed E-state index contributed by atoms with van der Waals surface area (Å²) in [4.78, 5) is 13.6. The number of ether oxygens (including phenoxy) is 2. The molecule has 0 amide bonds. The van der Waals surface area contributed by atoms with E-state index in [1.807, 2.05) is 66.7 Å². The standard InChI is InChI=1S/C27H25NO3/c29-24(27(19-8-3-1-4-9-19)20-10-5-2-6-11-20)18-23-22-17-26-25(30-14-7-15-31-26)16-21(22)12-13-28-23/h1-6,8-11,16-18,27-28H,7,12-15H2/b23-18-. The molecule has 156 valence electrons. The minimum absolute atomic E-state index is 0.0554. The molecule has 4 heteroatoms. The molecule has 0 fully saturated rings. The Morgan fingerprint density at radius 2 is 1.48 bits per heavy atom. The van der Waals surface area contributed by atoms with Gasteiger partial charge in [-0.2, -0.15) is 0 Å². The van der Waals surface area contributed by atoms with E-state index in [4.69, 9.17) is 9.47 Å². The fraction of sp³-hybridized carbons (Fsp3) is 0.222. The molecule has 0 radical (unpaired) electrons. The highest BCUT2D eigenvalue weighted by molar-refractivity contribution is 6.03. The average Bonchev–Trinajstić information content (AvgIpc) is 3.04. The Kier molecular flexibility index (Phi) is 5.44. The average molecular weight is 412 g/mol. The Balaban J connectivity index is 1.54. The zero-order valence-electron chi connectivity index (χ0n) is 17.3. The molecule has 0 aromatic heterocycles. The molecule has 3 aromatic rings. The molecule has 0 atom stereocenters. The zero-order valence-corrected chi connectivity index (χ0v) is 17.3. The van der Waals surface area contributed by atoms with Crippen molar-refractivity contribution in [3.05, 3.63) is 101 Å². The smallest absolute Gasteiger partial charge is 0.169 e. The number of carbonyl (C=O) groups is 1. The summed E-state index contributed by atoms with van der Waals surface area (Å²) in [6.07, 6.45) is 3.51. The van der Waals surface area contributed by atoms with Crippen LogP contribution in [-0.2, 0) is 11.2 Å². The Morgan fingerprint density at radius 1 is 0.871 bits per heavy atom. The number of rotatable bonds is 4. The maximum Gasteiger partial charge on any atom is 0.169 e. The van der Waals surface area contributed by atoms with Crippen molar-refractivity contribution in [3.8, 4) is 11.5 Å². The molecule has 0 unspecified atom stereocenters. The lowest BCUT2D eigenvalue weighted by atomic mass is 9.86. The Bertz CT molecular complexity index is 1070. The van der Waals surface area contributed by atoms with Crippen molar-refractivity contribution < 1.29 is 14.3 Å². The third-order valence-corrected chi connectivity index (χ3v) is 5.81. The number of hydrogen-bond acceptors (Lipinski definition) is 4. The van der Waals surface area contributed by atoms with Crippen molar-refractivity contribution in [1.29, 1.82) is 0 Å². The van der Waals surface area contributed by atoms with Crippen molar-refractivity contribution in [2.45, 2.75) is 18.8 Å². The highest BCUT2D eigenvalue weighted by Crippen LogP contribution is 2.37. The van der Waals surface area contributed by atoms with E-state index >= 15 is 0 Å². The molecule has 2 aliphatic heterocycles. The molecule has 0 saturated heterocycles. The third-order valence-electron chi connectivity index (χ3n) is 5.81. The van der Waals surface area contributed by atoms with Gasteiger partial charge in [0.2, 0.25) is 0 Å². The number of fused-ring (bicyclic) bond motifs is 2. The van der Waals surface area contributed by atoms with Gasteiger partial charge < -0.3 is 14.8 Å². The second-order valence-corrected chi connectivity index (χ2v) is 7.90. The van der Waals surface area contributed by atoms with E-state index in [0.717, 1.165) is 53.3 Å². The van der Waals surface area contributed by atoms with Crippen LogP contribution in [-0.4, -0.2) is 25.5 Å². The Hall–Kier alpha value is -3.53. The van der Waals surface area contributed by atoms with Gasteiger partial charge in [0.1, 0.15) is 0 Å². The Morgan fingerprint density at radius 3 is 2.13 bits per heavy atom. The summed E-state index contributed by atoms with van der Waals surface area (Å²) in [6.45, 7) is 2.09. The highest BCUT2D eigenvalue weighted by atomic mass is 16.5. The van der Waals surface area contributed by atoms with E-state index in [0.29, 0.717) is 13.2 Å². The summed E-state index contributed by atoms with van der Waals surface area (Å²) in [5, 5.41) is 3.43. The van der Waals surface area contributed by atoms with Gasteiger partial charge in [-0.15, -0.1) is 0 Å². The molecule has 5 rings (SSSR count). The van der Waals surface area contributed by atoms with Crippen LogP contribution in [0.5, 0.6) is 11.5 Å². The number of nitrogens with one attached hydrogen (secondary N) is 1. The fourth-order valence-corrected chi connectivity index (χ4v) is 4.30. The first-order valence-electron chi connectivity index (χ1n) is 10.8. The van der Waals surface area contributed by atoms with Crippen LogP contribution in [0.2, 0.25) is 0 Å². The number of benzene rings is 3. The summed E-state index contributed by atoms with van der Waals surface area (Å²) in [5.74, 6) is 1.26. The van der Waals surface area contributed by atoms with Gasteiger partial charge in [0, 0.05) is 30.3 Å². The van der Waals surface area contributed by atoms with Crippen LogP contribution in [0.25, 0.3) is 5.70 Å². The molecule has 0 aliphatic carbocycles. The van der Waals surface area contributed by atoms with Gasteiger partial charge in [-0.05, 0) is 35.2 Å². The predicted octanol–water partition coefficient (Wildman–Crippen LogP) is 4.74. The van der Waals surface area contributed by atoms with E-state index in [-0.39, 0.29) is 11.7 Å². The van der Waals surface area contributed by atoms with Gasteiger partial charge in [-0.3, -0.25) is 4.79 Å². The summed E-state index contributed by atoms with van der Waals surface area (Å²) >= 11 is 0. The molecule has 2 aliphatic rings. The van der Waals surface area contributed by atoms with Crippen molar-refractivity contribution in [2.24, 2.45) is 0 Å². The number of carbonyl (C=O) groups excluding carboxylic acids is 1. The molecule has 0 saturated carbocycles. The van der Waals surface area contributed by atoms with Gasteiger partial charge in [-0.1, -0.05) is 60.7 Å². The van der Waals surface area contributed by atoms with Gasteiger partial charge in [-0.25, -0.2) is 0 Å². The first-order valence-corrected chi connectivity index (χ1v) is 10.8. The molecule has 0 bridgehead atoms. The lowest BCUT2D eigenvalue weighted by Gasteiger charge is -2.24. The normalized spacial score (nSPS) is 16.4. The van der Waals surface area contributed by atoms with Crippen LogP contribution in [0, 0.1) is 0 Å². The fourth-order valence-electron chi connectivity index (χ4n) is 4.30. The van der Waals surface area contributed by atoms with Crippen molar-refractivity contribution in [1.82, 2.24) is 5.32 Å². The Labute approximate surface area is 182 Å². The topological polar surface area (TPSA) is 47.6 Å². The van der Waals surface area contributed by atoms with Crippen LogP contribution in [0.1, 0.15) is 34.6 Å². The van der Waals surface area contributed by atoms with E-state index in [9.17, 15) is 4.79 Å². The summed E-state index contributed by atoms with van der Waals surface area (Å²) in [6, 6.07) is 24.0. The van der Waals surface area contributed by atoms with Crippen LogP contribution in [0.3, 0.4) is 0 Å². The molecular weight excluding hydrogens is 386 g/mol. The first kappa shape index (κ1) is 19.4. The van der Waals surface area contributed by atoms with E-state index in [2.05, 4.69) is 11.4 Å². The summed E-state index contributed by atoms with van der Waals surface area (Å²) in [7, 11) is 0. The van der Waals surface area contributed by atoms with Crippen molar-refractivity contribution in [2.75, 3.05) is 19.8 Å². The molecule has 3 aromatic carbocycles. The number of hydrogen-bond donors (Lipinski definition) is 1. The van der Waals surface area contributed by atoms with E-state index in [1.165, 1.54) is 5.56 Å². The SMILES string of the molecule is O=C(/C=C1\NCCc2cc3c(cc21)OCCCO3)C(c1ccccc1)c1ccccc1. The monoisotopic (exact) mass is 411 g/mol. The van der Waals surface area contributed by atoms with Crippen LogP contribution in [0.4, 0.5) is 0 Å². The van der Waals surface area contributed by atoms with Crippen LogP contribution in [0.15, 0.2) is 78.9 Å². The number of ketones is 1. The van der Waals surface area contributed by atoms with Gasteiger partial charge >= 0.3 is 0 Å². The lowest BCUT2D eigenvalue weighted by molar-refractivity contribution is -0.115. The maximum atomic E-state index is 13.6. The second-order valence-electron chi connectivity index (χ2n) is 7.90. The quantitative estimate of drug-likeness (QED) is 0.630. The largest absolute Gasteiger partial charge is 0.490 e. The predicted molar refractivity (Wildman–Crippen MR) is 121 cm³/mol. The minimum Gasteiger partial charge on any atom is -0.490 e. The molecule has 1 N–H and O–H groups in total. The first-order chi connectivity index (χ1) is 15.3. The molecule has 31 heavy (non-hydrogen) atoms. The van der Waals surface area contributed by atoms with Crippen molar-refractivity contribution >= 4 is 11.5 Å². The van der Waals surface area contributed by atoms with Crippen LogP contribution >= 0.6 is 0 Å². The lowest BCUT2D eigenvalue weighted by Crippen LogP contribution is -2.24. The second kappa shape index (κ2) is 8.68. The highest BCUT2D eigenvalue weighted by Gasteiger charge is 2.24. The van der Waals surface area contributed by atoms with Gasteiger partial charge in [0.15, 0.2) is 17.3 Å². The zero-order chi connectivity index (χ0) is 21.0. The van der Waals surface area contributed by atoms with Gasteiger partial charge in [0.05, 0.1) is 19.1 Å². The van der Waals surface area contributed by atoms with Gasteiger partial charge in [0.25, 0.3) is 0 Å². The maximum absolute atomic E-state index is 13.6. The minimum atomic E-state index is -0.345. The summed E-state index contributed by atoms with van der Waals surface area (Å²) in [5.41, 5.74) is 5.02. The van der Waals surface area contributed by atoms with Crippen molar-refractivity contribution in [3.63, 3.8) is 0 Å². The number of allylic oxidation sites excluding steroid dienone is 1. The molecular formula is C27H25NO3. The summed E-state index contributed by atoms with van der Waals surface area (Å²) < 4.78 is 11.7. The molecule has 2 heterocycles.